The lowest BCUT2D eigenvalue weighted by Crippen LogP contribution is -2.18. The van der Waals surface area contributed by atoms with Crippen molar-refractivity contribution in [2.24, 2.45) is 0 Å². The van der Waals surface area contributed by atoms with E-state index < -0.39 is 0 Å². The molecule has 0 saturated carbocycles. The molecule has 0 atom stereocenters. The molecular weight excluding hydrogens is 154 g/mol. The summed E-state index contributed by atoms with van der Waals surface area (Å²) in [6.45, 7) is 3.95. The van der Waals surface area contributed by atoms with E-state index in [1.807, 2.05) is 11.6 Å². The molecule has 0 unspecified atom stereocenters. The van der Waals surface area contributed by atoms with Crippen LogP contribution in [0.2, 0.25) is 0 Å². The van der Waals surface area contributed by atoms with Crippen LogP contribution in [-0.2, 0) is 13.2 Å². The van der Waals surface area contributed by atoms with Crippen LogP contribution in [0, 0.1) is 6.92 Å². The number of rotatable bonds is 1. The summed E-state index contributed by atoms with van der Waals surface area (Å²) in [6, 6.07) is 0. The minimum Gasteiger partial charge on any atom is -0.391 e. The summed E-state index contributed by atoms with van der Waals surface area (Å²) in [7, 11) is 0. The number of hydrogen-bond donors (Lipinski definition) is 2. The minimum absolute atomic E-state index is 0.0775. The Labute approximate surface area is 71.2 Å². The van der Waals surface area contributed by atoms with Crippen LogP contribution < -0.4 is 5.32 Å². The molecule has 0 aromatic carbocycles. The standard InChI is InChI=1S/C8H13N3O/c1-6-7(5-12)8-9-3-2-4-11(8)10-6/h9,12H,2-5H2,1H3. The maximum Gasteiger partial charge on any atom is 0.130 e. The Kier molecular flexibility index (Phi) is 1.77. The van der Waals surface area contributed by atoms with Crippen molar-refractivity contribution < 1.29 is 5.11 Å². The monoisotopic (exact) mass is 167 g/mol. The van der Waals surface area contributed by atoms with Crippen LogP contribution in [0.25, 0.3) is 0 Å². The van der Waals surface area contributed by atoms with Crippen LogP contribution in [0.5, 0.6) is 0 Å². The summed E-state index contributed by atoms with van der Waals surface area (Å²) in [4.78, 5) is 0. The Morgan fingerprint density at radius 3 is 3.25 bits per heavy atom. The van der Waals surface area contributed by atoms with Crippen molar-refractivity contribution in [1.82, 2.24) is 9.78 Å². The van der Waals surface area contributed by atoms with Crippen LogP contribution in [0.1, 0.15) is 17.7 Å². The Hall–Kier alpha value is -1.03. The van der Waals surface area contributed by atoms with Gasteiger partial charge < -0.3 is 10.4 Å². The van der Waals surface area contributed by atoms with Gasteiger partial charge in [-0.2, -0.15) is 5.10 Å². The van der Waals surface area contributed by atoms with Crippen molar-refractivity contribution in [1.29, 1.82) is 0 Å². The van der Waals surface area contributed by atoms with Crippen molar-refractivity contribution in [2.75, 3.05) is 11.9 Å². The Morgan fingerprint density at radius 1 is 1.67 bits per heavy atom. The second-order valence-electron chi connectivity index (χ2n) is 3.07. The molecule has 0 spiro atoms. The fourth-order valence-electron chi connectivity index (χ4n) is 1.60. The summed E-state index contributed by atoms with van der Waals surface area (Å²) in [5, 5.41) is 16.6. The fraction of sp³-hybridized carbons (Fsp3) is 0.625. The topological polar surface area (TPSA) is 50.1 Å². The smallest absolute Gasteiger partial charge is 0.130 e. The fourth-order valence-corrected chi connectivity index (χ4v) is 1.60. The number of fused-ring (bicyclic) bond motifs is 1. The number of nitrogens with zero attached hydrogens (tertiary/aromatic N) is 2. The van der Waals surface area contributed by atoms with E-state index >= 15 is 0 Å². The summed E-state index contributed by atoms with van der Waals surface area (Å²) < 4.78 is 1.93. The Balaban J connectivity index is 2.46. The lowest BCUT2D eigenvalue weighted by Gasteiger charge is -2.16. The molecule has 0 aliphatic carbocycles. The van der Waals surface area contributed by atoms with Crippen LogP contribution in [-0.4, -0.2) is 21.4 Å². The highest BCUT2D eigenvalue weighted by Crippen LogP contribution is 2.22. The molecule has 4 heteroatoms. The van der Waals surface area contributed by atoms with E-state index in [0.717, 1.165) is 36.6 Å². The molecule has 0 radical (unpaired) electrons. The molecule has 66 valence electrons. The van der Waals surface area contributed by atoms with Crippen LogP contribution in [0.15, 0.2) is 0 Å². The van der Waals surface area contributed by atoms with Gasteiger partial charge in [0.05, 0.1) is 12.3 Å². The van der Waals surface area contributed by atoms with E-state index in [1.165, 1.54) is 0 Å². The van der Waals surface area contributed by atoms with Crippen molar-refractivity contribution in [3.05, 3.63) is 11.3 Å². The number of hydrogen-bond acceptors (Lipinski definition) is 3. The van der Waals surface area contributed by atoms with Gasteiger partial charge in [-0.25, -0.2) is 4.68 Å². The summed E-state index contributed by atoms with van der Waals surface area (Å²) in [5.74, 6) is 1.00. The maximum atomic E-state index is 9.07. The molecule has 2 rings (SSSR count). The third kappa shape index (κ3) is 0.992. The zero-order valence-corrected chi connectivity index (χ0v) is 7.17. The molecule has 2 heterocycles. The summed E-state index contributed by atoms with van der Waals surface area (Å²) in [6.07, 6.45) is 1.11. The van der Waals surface area contributed by atoms with E-state index in [2.05, 4.69) is 10.4 Å². The second-order valence-corrected chi connectivity index (χ2v) is 3.07. The van der Waals surface area contributed by atoms with Gasteiger partial charge in [-0.1, -0.05) is 0 Å². The van der Waals surface area contributed by atoms with Crippen molar-refractivity contribution in [3.63, 3.8) is 0 Å². The predicted octanol–water partition coefficient (Wildman–Crippen LogP) is 0.499. The van der Waals surface area contributed by atoms with Gasteiger partial charge in [0, 0.05) is 18.7 Å². The van der Waals surface area contributed by atoms with Crippen molar-refractivity contribution >= 4 is 5.82 Å². The quantitative estimate of drug-likeness (QED) is 0.640. The van der Waals surface area contributed by atoms with E-state index in [-0.39, 0.29) is 6.61 Å². The van der Waals surface area contributed by atoms with Crippen LogP contribution in [0.3, 0.4) is 0 Å². The lowest BCUT2D eigenvalue weighted by atomic mass is 10.2. The molecule has 0 amide bonds. The molecule has 1 aromatic rings. The zero-order chi connectivity index (χ0) is 8.55. The first-order valence-electron chi connectivity index (χ1n) is 4.24. The SMILES string of the molecule is Cc1nn2c(c1CO)NCCC2. The van der Waals surface area contributed by atoms with Crippen LogP contribution in [0.4, 0.5) is 5.82 Å². The molecule has 2 N–H and O–H groups in total. The Bertz CT molecular complexity index is 293. The Morgan fingerprint density at radius 2 is 2.50 bits per heavy atom. The number of aliphatic hydroxyl groups is 1. The van der Waals surface area contributed by atoms with Gasteiger partial charge >= 0.3 is 0 Å². The van der Waals surface area contributed by atoms with Crippen LogP contribution >= 0.6 is 0 Å². The summed E-state index contributed by atoms with van der Waals surface area (Å²) in [5.41, 5.74) is 1.87. The number of aromatic nitrogens is 2. The average Bonchev–Trinajstić information content (AvgIpc) is 2.40. The molecule has 0 bridgehead atoms. The number of aryl methyl sites for hydroxylation is 2. The second kappa shape index (κ2) is 2.79. The molecule has 1 aliphatic heterocycles. The maximum absolute atomic E-state index is 9.07. The molecule has 1 aromatic heterocycles. The third-order valence-electron chi connectivity index (χ3n) is 2.25. The van der Waals surface area contributed by atoms with Crippen molar-refractivity contribution in [2.45, 2.75) is 26.5 Å². The molecule has 12 heavy (non-hydrogen) atoms. The molecule has 1 aliphatic rings. The zero-order valence-electron chi connectivity index (χ0n) is 7.17. The number of anilines is 1. The third-order valence-corrected chi connectivity index (χ3v) is 2.25. The van der Waals surface area contributed by atoms with Gasteiger partial charge in [0.15, 0.2) is 0 Å². The minimum atomic E-state index is 0.0775. The number of aliphatic hydroxyl groups excluding tert-OH is 1. The van der Waals surface area contributed by atoms with Gasteiger partial charge in [-0.15, -0.1) is 0 Å². The largest absolute Gasteiger partial charge is 0.391 e. The highest BCUT2D eigenvalue weighted by atomic mass is 16.3. The normalized spacial score (nSPS) is 15.5. The first-order valence-corrected chi connectivity index (χ1v) is 4.24. The highest BCUT2D eigenvalue weighted by molar-refractivity contribution is 5.48. The predicted molar refractivity (Wildman–Crippen MR) is 46.0 cm³/mol. The first-order chi connectivity index (χ1) is 5.83. The van der Waals surface area contributed by atoms with E-state index in [9.17, 15) is 0 Å². The van der Waals surface area contributed by atoms with E-state index in [4.69, 9.17) is 5.11 Å². The summed E-state index contributed by atoms with van der Waals surface area (Å²) >= 11 is 0. The van der Waals surface area contributed by atoms with Crippen molar-refractivity contribution in [3.8, 4) is 0 Å². The van der Waals surface area contributed by atoms with Gasteiger partial charge in [0.2, 0.25) is 0 Å². The lowest BCUT2D eigenvalue weighted by molar-refractivity contribution is 0.281. The average molecular weight is 167 g/mol. The number of nitrogens with one attached hydrogen (secondary N) is 1. The van der Waals surface area contributed by atoms with Gasteiger partial charge in [-0.3, -0.25) is 0 Å². The van der Waals surface area contributed by atoms with Gasteiger partial charge in [0.1, 0.15) is 5.82 Å². The van der Waals surface area contributed by atoms with E-state index in [0.29, 0.717) is 0 Å². The molecular formula is C8H13N3O. The molecule has 0 fully saturated rings. The molecule has 4 nitrogen and oxygen atoms in total. The first kappa shape index (κ1) is 7.61. The molecule has 0 saturated heterocycles. The highest BCUT2D eigenvalue weighted by Gasteiger charge is 2.16. The van der Waals surface area contributed by atoms with Gasteiger partial charge in [-0.05, 0) is 13.3 Å². The van der Waals surface area contributed by atoms with E-state index in [1.54, 1.807) is 0 Å². The van der Waals surface area contributed by atoms with Gasteiger partial charge in [0.25, 0.3) is 0 Å².